The highest BCUT2D eigenvalue weighted by Crippen LogP contribution is 2.28. The Morgan fingerprint density at radius 3 is 2.92 bits per heavy atom. The molecule has 0 bridgehead atoms. The van der Waals surface area contributed by atoms with Gasteiger partial charge in [0.1, 0.15) is 0 Å². The van der Waals surface area contributed by atoms with Crippen molar-refractivity contribution < 1.29 is 4.74 Å². The topological polar surface area (TPSA) is 36.9 Å². The molecule has 142 valence electrons. The molecule has 2 unspecified atom stereocenters. The van der Waals surface area contributed by atoms with Crippen LogP contribution in [-0.4, -0.2) is 57.0 Å². The number of aliphatic imine (C=N–C) groups is 1. The quantitative estimate of drug-likeness (QED) is 0.346. The van der Waals surface area contributed by atoms with Crippen LogP contribution in [0.4, 0.5) is 0 Å². The van der Waals surface area contributed by atoms with E-state index < -0.39 is 0 Å². The lowest BCUT2D eigenvalue weighted by Crippen LogP contribution is -2.41. The zero-order valence-electron chi connectivity index (χ0n) is 15.2. The Morgan fingerprint density at radius 1 is 1.52 bits per heavy atom. The summed E-state index contributed by atoms with van der Waals surface area (Å²) in [5.41, 5.74) is 1.22. The van der Waals surface area contributed by atoms with Gasteiger partial charge < -0.3 is 15.0 Å². The van der Waals surface area contributed by atoms with Crippen LogP contribution in [0.25, 0.3) is 0 Å². The molecule has 0 amide bonds. The van der Waals surface area contributed by atoms with Gasteiger partial charge in [0, 0.05) is 42.9 Å². The molecule has 1 saturated heterocycles. The van der Waals surface area contributed by atoms with Crippen LogP contribution in [0.3, 0.4) is 0 Å². The molecule has 7 heteroatoms. The summed E-state index contributed by atoms with van der Waals surface area (Å²) >= 11 is 7.93. The number of ether oxygens (including phenoxy) is 1. The van der Waals surface area contributed by atoms with Crippen LogP contribution in [0.5, 0.6) is 0 Å². The molecule has 0 spiro atoms. The van der Waals surface area contributed by atoms with Gasteiger partial charge in [-0.05, 0) is 37.3 Å². The van der Waals surface area contributed by atoms with Crippen molar-refractivity contribution in [2.75, 3.05) is 46.2 Å². The van der Waals surface area contributed by atoms with Gasteiger partial charge in [-0.1, -0.05) is 23.7 Å². The summed E-state index contributed by atoms with van der Waals surface area (Å²) in [6.45, 7) is 6.42. The molecule has 0 aliphatic carbocycles. The molecular weight excluding hydrogens is 469 g/mol. The van der Waals surface area contributed by atoms with Crippen molar-refractivity contribution in [3.63, 3.8) is 0 Å². The first-order valence-electron chi connectivity index (χ1n) is 8.49. The van der Waals surface area contributed by atoms with Crippen molar-refractivity contribution in [3.8, 4) is 0 Å². The molecule has 2 atom stereocenters. The second-order valence-electron chi connectivity index (χ2n) is 6.08. The number of rotatable bonds is 7. The third-order valence-corrected chi connectivity index (χ3v) is 5.39. The van der Waals surface area contributed by atoms with Crippen LogP contribution < -0.4 is 5.32 Å². The largest absolute Gasteiger partial charge is 0.381 e. The highest BCUT2D eigenvalue weighted by Gasteiger charge is 2.19. The van der Waals surface area contributed by atoms with E-state index in [0.717, 1.165) is 50.3 Å². The highest BCUT2D eigenvalue weighted by atomic mass is 127. The van der Waals surface area contributed by atoms with E-state index in [4.69, 9.17) is 21.3 Å². The number of hydrogen-bond donors (Lipinski definition) is 1. The third kappa shape index (κ3) is 7.53. The van der Waals surface area contributed by atoms with Gasteiger partial charge in [0.05, 0.1) is 13.2 Å². The standard InChI is InChI=1S/C18H28ClN3OS.HI/c1-4-20-18(22(2)12-14-8-9-23-13-14)21-11-17(24-3)15-6-5-7-16(19)10-15;/h5-7,10,14,17H,4,8-9,11-13H2,1-3H3,(H,20,21);1H. The number of nitrogens with one attached hydrogen (secondary N) is 1. The SMILES string of the molecule is CCNC(=NCC(SC)c1cccc(Cl)c1)N(C)CC1CCOC1.I. The van der Waals surface area contributed by atoms with Gasteiger partial charge >= 0.3 is 0 Å². The Labute approximate surface area is 178 Å². The van der Waals surface area contributed by atoms with E-state index in [0.29, 0.717) is 11.2 Å². The molecule has 0 aromatic heterocycles. The number of thioether (sulfide) groups is 1. The van der Waals surface area contributed by atoms with Gasteiger partial charge in [-0.15, -0.1) is 24.0 Å². The van der Waals surface area contributed by atoms with Crippen LogP contribution in [0.15, 0.2) is 29.3 Å². The Balaban J connectivity index is 0.00000312. The van der Waals surface area contributed by atoms with Gasteiger partial charge in [0.15, 0.2) is 5.96 Å². The third-order valence-electron chi connectivity index (χ3n) is 4.16. The summed E-state index contributed by atoms with van der Waals surface area (Å²) in [7, 11) is 2.10. The summed E-state index contributed by atoms with van der Waals surface area (Å²) in [6.07, 6.45) is 3.26. The van der Waals surface area contributed by atoms with Gasteiger partial charge in [0.25, 0.3) is 0 Å². The molecule has 1 heterocycles. The first kappa shape index (κ1) is 22.9. The smallest absolute Gasteiger partial charge is 0.193 e. The molecule has 1 fully saturated rings. The molecule has 1 aliphatic heterocycles. The maximum Gasteiger partial charge on any atom is 0.193 e. The summed E-state index contributed by atoms with van der Waals surface area (Å²) in [6, 6.07) is 8.06. The number of benzene rings is 1. The molecule has 1 aromatic carbocycles. The van der Waals surface area contributed by atoms with Crippen molar-refractivity contribution in [1.82, 2.24) is 10.2 Å². The van der Waals surface area contributed by atoms with Crippen molar-refractivity contribution in [3.05, 3.63) is 34.9 Å². The van der Waals surface area contributed by atoms with Crippen molar-refractivity contribution in [1.29, 1.82) is 0 Å². The summed E-state index contributed by atoms with van der Waals surface area (Å²) in [4.78, 5) is 7.08. The van der Waals surface area contributed by atoms with Crippen LogP contribution in [0.1, 0.15) is 24.2 Å². The minimum atomic E-state index is 0. The highest BCUT2D eigenvalue weighted by molar-refractivity contribution is 14.0. The van der Waals surface area contributed by atoms with Crippen LogP contribution in [0, 0.1) is 5.92 Å². The van der Waals surface area contributed by atoms with E-state index in [9.17, 15) is 0 Å². The minimum Gasteiger partial charge on any atom is -0.381 e. The van der Waals surface area contributed by atoms with E-state index >= 15 is 0 Å². The summed E-state index contributed by atoms with van der Waals surface area (Å²) in [5, 5.41) is 4.48. The number of hydrogen-bond acceptors (Lipinski definition) is 3. The second-order valence-corrected chi connectivity index (χ2v) is 7.56. The van der Waals surface area contributed by atoms with E-state index in [1.807, 2.05) is 18.2 Å². The molecule has 2 rings (SSSR count). The van der Waals surface area contributed by atoms with Crippen molar-refractivity contribution >= 4 is 53.3 Å². The second kappa shape index (κ2) is 12.3. The Hall–Kier alpha value is -0.180. The van der Waals surface area contributed by atoms with Gasteiger partial charge in [-0.3, -0.25) is 4.99 Å². The number of halogens is 2. The maximum atomic E-state index is 6.13. The minimum absolute atomic E-state index is 0. The number of guanidine groups is 1. The molecular formula is C18H29ClIN3OS. The average molecular weight is 498 g/mol. The fraction of sp³-hybridized carbons (Fsp3) is 0.611. The summed E-state index contributed by atoms with van der Waals surface area (Å²) < 4.78 is 5.48. The van der Waals surface area contributed by atoms with E-state index in [-0.39, 0.29) is 24.0 Å². The maximum absolute atomic E-state index is 6.13. The summed E-state index contributed by atoms with van der Waals surface area (Å²) in [5.74, 6) is 1.56. The monoisotopic (exact) mass is 497 g/mol. The van der Waals surface area contributed by atoms with Gasteiger partial charge in [-0.2, -0.15) is 11.8 Å². The molecule has 1 aromatic rings. The predicted octanol–water partition coefficient (Wildman–Crippen LogP) is 4.30. The Kier molecular flexibility index (Phi) is 11.2. The fourth-order valence-electron chi connectivity index (χ4n) is 2.86. The van der Waals surface area contributed by atoms with E-state index in [1.165, 1.54) is 5.56 Å². The van der Waals surface area contributed by atoms with Crippen molar-refractivity contribution in [2.45, 2.75) is 18.6 Å². The van der Waals surface area contributed by atoms with Gasteiger partial charge in [-0.25, -0.2) is 0 Å². The lowest BCUT2D eigenvalue weighted by Gasteiger charge is -2.25. The first-order valence-corrected chi connectivity index (χ1v) is 10.2. The molecule has 0 saturated carbocycles. The molecule has 25 heavy (non-hydrogen) atoms. The molecule has 1 aliphatic rings. The number of nitrogens with zero attached hydrogens (tertiary/aromatic N) is 2. The van der Waals surface area contributed by atoms with E-state index in [2.05, 4.69) is 36.5 Å². The van der Waals surface area contributed by atoms with E-state index in [1.54, 1.807) is 11.8 Å². The fourth-order valence-corrected chi connectivity index (χ4v) is 3.70. The van der Waals surface area contributed by atoms with Crippen LogP contribution >= 0.6 is 47.3 Å². The Bertz CT molecular complexity index is 541. The molecule has 4 nitrogen and oxygen atoms in total. The molecule has 0 radical (unpaired) electrons. The molecule has 1 N–H and O–H groups in total. The lowest BCUT2D eigenvalue weighted by molar-refractivity contribution is 0.181. The zero-order valence-corrected chi connectivity index (χ0v) is 19.1. The van der Waals surface area contributed by atoms with Crippen molar-refractivity contribution in [2.24, 2.45) is 10.9 Å². The normalized spacial score (nSPS) is 18.6. The predicted molar refractivity (Wildman–Crippen MR) is 121 cm³/mol. The van der Waals surface area contributed by atoms with Crippen LogP contribution in [0.2, 0.25) is 5.02 Å². The van der Waals surface area contributed by atoms with Crippen LogP contribution in [-0.2, 0) is 4.74 Å². The average Bonchev–Trinajstić information content (AvgIpc) is 3.07. The van der Waals surface area contributed by atoms with Gasteiger partial charge in [0.2, 0.25) is 0 Å². The Morgan fingerprint density at radius 2 is 2.32 bits per heavy atom. The zero-order chi connectivity index (χ0) is 17.4. The first-order chi connectivity index (χ1) is 11.6. The lowest BCUT2D eigenvalue weighted by atomic mass is 10.1.